The van der Waals surface area contributed by atoms with Crippen molar-refractivity contribution in [2.24, 2.45) is 17.6 Å². The maximum atomic E-state index is 13.6. The third kappa shape index (κ3) is 3.43. The van der Waals surface area contributed by atoms with Gasteiger partial charge in [-0.05, 0) is 37.4 Å². The Hall–Kier alpha value is -1.43. The van der Waals surface area contributed by atoms with Gasteiger partial charge < -0.3 is 5.73 Å². The number of halogens is 4. The van der Waals surface area contributed by atoms with Crippen molar-refractivity contribution >= 4 is 5.78 Å². The van der Waals surface area contributed by atoms with Crippen molar-refractivity contribution in [1.29, 1.82) is 0 Å². The molecule has 2 N–H and O–H groups in total. The zero-order valence-corrected chi connectivity index (χ0v) is 11.4. The minimum absolute atomic E-state index is 0.00847. The molecule has 1 aliphatic carbocycles. The molecule has 1 fully saturated rings. The first-order valence-corrected chi connectivity index (χ1v) is 6.95. The summed E-state index contributed by atoms with van der Waals surface area (Å²) in [5, 5.41) is 0. The molecule has 0 aliphatic heterocycles. The van der Waals surface area contributed by atoms with E-state index in [1.54, 1.807) is 0 Å². The van der Waals surface area contributed by atoms with Gasteiger partial charge in [0.2, 0.25) is 0 Å². The average Bonchev–Trinajstić information content (AvgIpc) is 2.45. The highest BCUT2D eigenvalue weighted by atomic mass is 19.4. The number of hydrogen-bond donors (Lipinski definition) is 1. The summed E-state index contributed by atoms with van der Waals surface area (Å²) in [7, 11) is 0. The SMILES string of the molecule is NCC1CCCCC1C(=O)c1ccc(C(F)(F)F)c(F)c1. The Balaban J connectivity index is 2.25. The van der Waals surface area contributed by atoms with Gasteiger partial charge in [-0.2, -0.15) is 13.2 Å². The predicted molar refractivity (Wildman–Crippen MR) is 70.2 cm³/mol. The van der Waals surface area contributed by atoms with Crippen LogP contribution in [-0.2, 0) is 6.18 Å². The first kappa shape index (κ1) is 15.9. The Labute approximate surface area is 120 Å². The first-order valence-electron chi connectivity index (χ1n) is 6.95. The fourth-order valence-electron chi connectivity index (χ4n) is 2.95. The summed E-state index contributed by atoms with van der Waals surface area (Å²) in [6.07, 6.45) is -1.39. The summed E-state index contributed by atoms with van der Waals surface area (Å²) in [4.78, 5) is 12.4. The number of carbonyl (C=O) groups excluding carboxylic acids is 1. The van der Waals surface area contributed by atoms with Gasteiger partial charge in [0.1, 0.15) is 5.82 Å². The molecule has 21 heavy (non-hydrogen) atoms. The van der Waals surface area contributed by atoms with E-state index in [1.807, 2.05) is 0 Å². The predicted octanol–water partition coefficient (Wildman–Crippen LogP) is 3.79. The number of hydrogen-bond acceptors (Lipinski definition) is 2. The molecule has 2 rings (SSSR count). The van der Waals surface area contributed by atoms with E-state index in [0.717, 1.165) is 25.3 Å². The molecule has 2 nitrogen and oxygen atoms in total. The van der Waals surface area contributed by atoms with E-state index in [4.69, 9.17) is 5.73 Å². The molecule has 6 heteroatoms. The van der Waals surface area contributed by atoms with Crippen LogP contribution >= 0.6 is 0 Å². The van der Waals surface area contributed by atoms with Crippen molar-refractivity contribution in [1.82, 2.24) is 0 Å². The van der Waals surface area contributed by atoms with Crippen LogP contribution in [-0.4, -0.2) is 12.3 Å². The number of alkyl halides is 3. The van der Waals surface area contributed by atoms with E-state index in [2.05, 4.69) is 0 Å². The molecule has 1 saturated carbocycles. The average molecular weight is 303 g/mol. The lowest BCUT2D eigenvalue weighted by molar-refractivity contribution is -0.140. The van der Waals surface area contributed by atoms with Crippen LogP contribution in [0.15, 0.2) is 18.2 Å². The Morgan fingerprint density at radius 1 is 1.24 bits per heavy atom. The molecule has 0 saturated heterocycles. The summed E-state index contributed by atoms with van der Waals surface area (Å²) < 4.78 is 51.1. The number of ketones is 1. The van der Waals surface area contributed by atoms with Crippen molar-refractivity contribution in [3.8, 4) is 0 Å². The van der Waals surface area contributed by atoms with E-state index < -0.39 is 17.6 Å². The smallest absolute Gasteiger partial charge is 0.330 e. The highest BCUT2D eigenvalue weighted by molar-refractivity contribution is 5.98. The van der Waals surface area contributed by atoms with Crippen LogP contribution < -0.4 is 5.73 Å². The molecule has 0 bridgehead atoms. The summed E-state index contributed by atoms with van der Waals surface area (Å²) in [6, 6.07) is 2.37. The van der Waals surface area contributed by atoms with Crippen molar-refractivity contribution in [2.45, 2.75) is 31.9 Å². The molecule has 0 amide bonds. The molecule has 2 atom stereocenters. The first-order chi connectivity index (χ1) is 9.84. The van der Waals surface area contributed by atoms with E-state index >= 15 is 0 Å². The Morgan fingerprint density at radius 3 is 2.48 bits per heavy atom. The van der Waals surface area contributed by atoms with Gasteiger partial charge in [0.05, 0.1) is 5.56 Å². The molecule has 116 valence electrons. The topological polar surface area (TPSA) is 43.1 Å². The molecular formula is C15H17F4NO. The van der Waals surface area contributed by atoms with E-state index in [9.17, 15) is 22.4 Å². The normalized spacial score (nSPS) is 23.1. The second-order valence-corrected chi connectivity index (χ2v) is 5.44. The standard InChI is InChI=1S/C15H17F4NO/c16-13-7-9(5-6-12(13)15(17,18)19)14(21)11-4-2-1-3-10(11)8-20/h5-7,10-11H,1-4,8,20H2. The van der Waals surface area contributed by atoms with Crippen molar-refractivity contribution in [3.05, 3.63) is 35.1 Å². The lowest BCUT2D eigenvalue weighted by Crippen LogP contribution is -2.32. The summed E-state index contributed by atoms with van der Waals surface area (Å²) in [6.45, 7) is 0.361. The largest absolute Gasteiger partial charge is 0.419 e. The van der Waals surface area contributed by atoms with Gasteiger partial charge in [0, 0.05) is 11.5 Å². The maximum Gasteiger partial charge on any atom is 0.419 e. The monoisotopic (exact) mass is 303 g/mol. The van der Waals surface area contributed by atoms with Crippen LogP contribution in [0.5, 0.6) is 0 Å². The zero-order chi connectivity index (χ0) is 15.6. The third-order valence-corrected chi connectivity index (χ3v) is 4.11. The Bertz CT molecular complexity index is 527. The van der Waals surface area contributed by atoms with E-state index in [1.165, 1.54) is 0 Å². The molecular weight excluding hydrogens is 286 g/mol. The minimum Gasteiger partial charge on any atom is -0.330 e. The van der Waals surface area contributed by atoms with Gasteiger partial charge in [-0.1, -0.05) is 18.9 Å². The third-order valence-electron chi connectivity index (χ3n) is 4.11. The number of carbonyl (C=O) groups is 1. The Morgan fingerprint density at radius 2 is 1.90 bits per heavy atom. The molecule has 0 aromatic heterocycles. The van der Waals surface area contributed by atoms with Crippen LogP contribution in [0.4, 0.5) is 17.6 Å². The number of nitrogens with two attached hydrogens (primary N) is 1. The fourth-order valence-corrected chi connectivity index (χ4v) is 2.95. The van der Waals surface area contributed by atoms with Gasteiger partial charge in [-0.15, -0.1) is 0 Å². The van der Waals surface area contributed by atoms with Crippen LogP contribution in [0.1, 0.15) is 41.6 Å². The molecule has 1 aromatic rings. The van der Waals surface area contributed by atoms with Crippen molar-refractivity contribution < 1.29 is 22.4 Å². The second-order valence-electron chi connectivity index (χ2n) is 5.44. The Kier molecular flexibility index (Phi) is 4.66. The highest BCUT2D eigenvalue weighted by Gasteiger charge is 2.35. The van der Waals surface area contributed by atoms with Gasteiger partial charge >= 0.3 is 6.18 Å². The van der Waals surface area contributed by atoms with Crippen LogP contribution in [0.3, 0.4) is 0 Å². The van der Waals surface area contributed by atoms with Crippen molar-refractivity contribution in [2.75, 3.05) is 6.54 Å². The van der Waals surface area contributed by atoms with Crippen LogP contribution in [0.25, 0.3) is 0 Å². The number of rotatable bonds is 3. The van der Waals surface area contributed by atoms with Gasteiger partial charge in [0.25, 0.3) is 0 Å². The minimum atomic E-state index is -4.75. The van der Waals surface area contributed by atoms with Crippen LogP contribution in [0.2, 0.25) is 0 Å². The maximum absolute atomic E-state index is 13.6. The molecule has 1 aliphatic rings. The lowest BCUT2D eigenvalue weighted by atomic mass is 9.75. The summed E-state index contributed by atoms with van der Waals surface area (Å²) >= 11 is 0. The van der Waals surface area contributed by atoms with E-state index in [0.29, 0.717) is 25.1 Å². The fraction of sp³-hybridized carbons (Fsp3) is 0.533. The van der Waals surface area contributed by atoms with Crippen molar-refractivity contribution in [3.63, 3.8) is 0 Å². The molecule has 2 unspecified atom stereocenters. The second kappa shape index (κ2) is 6.13. The van der Waals surface area contributed by atoms with Gasteiger partial charge in [0.15, 0.2) is 5.78 Å². The number of Topliss-reactive ketones (excluding diaryl/α,β-unsaturated/α-hetero) is 1. The quantitative estimate of drug-likeness (QED) is 0.682. The molecule has 0 heterocycles. The van der Waals surface area contributed by atoms with Gasteiger partial charge in [-0.3, -0.25) is 4.79 Å². The number of benzene rings is 1. The molecule has 0 spiro atoms. The molecule has 0 radical (unpaired) electrons. The van der Waals surface area contributed by atoms with Crippen LogP contribution in [0, 0.1) is 17.7 Å². The van der Waals surface area contributed by atoms with Gasteiger partial charge in [-0.25, -0.2) is 4.39 Å². The highest BCUT2D eigenvalue weighted by Crippen LogP contribution is 2.34. The van der Waals surface area contributed by atoms with E-state index in [-0.39, 0.29) is 23.2 Å². The lowest BCUT2D eigenvalue weighted by Gasteiger charge is -2.29. The summed E-state index contributed by atoms with van der Waals surface area (Å²) in [5.41, 5.74) is 4.29. The molecule has 1 aromatic carbocycles. The zero-order valence-electron chi connectivity index (χ0n) is 11.4. The summed E-state index contributed by atoms with van der Waals surface area (Å²) in [5.74, 6) is -2.01.